The number of anilines is 1. The van der Waals surface area contributed by atoms with E-state index in [0.717, 1.165) is 5.56 Å². The minimum absolute atomic E-state index is 0.234. The predicted octanol–water partition coefficient (Wildman–Crippen LogP) is 3.27. The van der Waals surface area contributed by atoms with Crippen LogP contribution in [0.25, 0.3) is 0 Å². The predicted molar refractivity (Wildman–Crippen MR) is 85.8 cm³/mol. The van der Waals surface area contributed by atoms with Gasteiger partial charge in [-0.2, -0.15) is 0 Å². The maximum Gasteiger partial charge on any atom is 0.241 e. The van der Waals surface area contributed by atoms with Gasteiger partial charge in [0.2, 0.25) is 10.0 Å². The molecule has 0 fully saturated rings. The standard InChI is InChI=1S/C15H17ClN2O2S/c1-10-9-14(17)7-8-15(10)21(19,20)18-11(2)12-3-5-13(16)6-4-12/h3-9,11,18H,17H2,1-2H3. The lowest BCUT2D eigenvalue weighted by Gasteiger charge is -2.16. The van der Waals surface area contributed by atoms with Crippen LogP contribution < -0.4 is 10.5 Å². The van der Waals surface area contributed by atoms with Gasteiger partial charge in [0.25, 0.3) is 0 Å². The number of benzene rings is 2. The van der Waals surface area contributed by atoms with E-state index in [0.29, 0.717) is 16.3 Å². The molecular formula is C15H17ClN2O2S. The second-order valence-corrected chi connectivity index (χ2v) is 7.04. The van der Waals surface area contributed by atoms with Crippen LogP contribution in [0.15, 0.2) is 47.4 Å². The van der Waals surface area contributed by atoms with E-state index in [4.69, 9.17) is 17.3 Å². The van der Waals surface area contributed by atoms with E-state index in [1.165, 1.54) is 6.07 Å². The van der Waals surface area contributed by atoms with Crippen LogP contribution in [0.5, 0.6) is 0 Å². The summed E-state index contributed by atoms with van der Waals surface area (Å²) in [4.78, 5) is 0.234. The molecule has 2 aromatic rings. The monoisotopic (exact) mass is 324 g/mol. The van der Waals surface area contributed by atoms with Gasteiger partial charge in [-0.1, -0.05) is 23.7 Å². The molecule has 2 aromatic carbocycles. The average molecular weight is 325 g/mol. The number of hydrogen-bond acceptors (Lipinski definition) is 3. The molecule has 0 amide bonds. The Balaban J connectivity index is 2.26. The smallest absolute Gasteiger partial charge is 0.241 e. The van der Waals surface area contributed by atoms with E-state index < -0.39 is 10.0 Å². The molecule has 0 heterocycles. The van der Waals surface area contributed by atoms with Crippen LogP contribution in [0.4, 0.5) is 5.69 Å². The molecule has 0 saturated carbocycles. The lowest BCUT2D eigenvalue weighted by molar-refractivity contribution is 0.566. The van der Waals surface area contributed by atoms with Crippen LogP contribution in [-0.4, -0.2) is 8.42 Å². The number of nitrogens with one attached hydrogen (secondary N) is 1. The Bertz CT molecular complexity index is 743. The molecule has 0 bridgehead atoms. The van der Waals surface area contributed by atoms with Crippen molar-refractivity contribution in [1.29, 1.82) is 0 Å². The Kier molecular flexibility index (Phi) is 4.56. The highest BCUT2D eigenvalue weighted by molar-refractivity contribution is 7.89. The Morgan fingerprint density at radius 2 is 1.76 bits per heavy atom. The average Bonchev–Trinajstić information content (AvgIpc) is 2.38. The molecule has 0 aliphatic carbocycles. The first kappa shape index (κ1) is 15.8. The Labute approximate surface area is 130 Å². The van der Waals surface area contributed by atoms with Crippen LogP contribution in [0.3, 0.4) is 0 Å². The first-order valence-corrected chi connectivity index (χ1v) is 8.29. The van der Waals surface area contributed by atoms with Gasteiger partial charge in [0.05, 0.1) is 4.90 Å². The van der Waals surface area contributed by atoms with Gasteiger partial charge in [-0.05, 0) is 55.3 Å². The molecule has 0 spiro atoms. The first-order valence-electron chi connectivity index (χ1n) is 6.43. The fourth-order valence-corrected chi connectivity index (χ4v) is 3.67. The molecule has 0 saturated heterocycles. The molecule has 112 valence electrons. The number of hydrogen-bond donors (Lipinski definition) is 2. The van der Waals surface area contributed by atoms with E-state index in [2.05, 4.69) is 4.72 Å². The van der Waals surface area contributed by atoms with Gasteiger partial charge in [-0.3, -0.25) is 0 Å². The van der Waals surface area contributed by atoms with E-state index in [1.807, 2.05) is 0 Å². The summed E-state index contributed by atoms with van der Waals surface area (Å²) in [7, 11) is -3.60. The molecule has 6 heteroatoms. The highest BCUT2D eigenvalue weighted by Crippen LogP contribution is 2.22. The number of halogens is 1. The largest absolute Gasteiger partial charge is 0.399 e. The van der Waals surface area contributed by atoms with Crippen molar-refractivity contribution in [3.05, 3.63) is 58.6 Å². The van der Waals surface area contributed by atoms with E-state index >= 15 is 0 Å². The summed E-state index contributed by atoms with van der Waals surface area (Å²) in [6, 6.07) is 11.4. The number of sulfonamides is 1. The van der Waals surface area contributed by atoms with E-state index in [-0.39, 0.29) is 10.9 Å². The highest BCUT2D eigenvalue weighted by atomic mass is 35.5. The van der Waals surface area contributed by atoms with Crippen LogP contribution in [0.1, 0.15) is 24.1 Å². The van der Waals surface area contributed by atoms with Gasteiger partial charge in [-0.25, -0.2) is 13.1 Å². The second-order valence-electron chi connectivity index (χ2n) is 4.92. The topological polar surface area (TPSA) is 72.2 Å². The van der Waals surface area contributed by atoms with Gasteiger partial charge in [-0.15, -0.1) is 0 Å². The Morgan fingerprint density at radius 3 is 2.33 bits per heavy atom. The van der Waals surface area contributed by atoms with Crippen molar-refractivity contribution in [2.75, 3.05) is 5.73 Å². The van der Waals surface area contributed by atoms with Crippen molar-refractivity contribution < 1.29 is 8.42 Å². The molecule has 2 rings (SSSR count). The zero-order valence-electron chi connectivity index (χ0n) is 11.8. The summed E-state index contributed by atoms with van der Waals surface area (Å²) in [5, 5.41) is 0.614. The Hall–Kier alpha value is -1.56. The van der Waals surface area contributed by atoms with Crippen molar-refractivity contribution in [3.63, 3.8) is 0 Å². The van der Waals surface area contributed by atoms with Crippen molar-refractivity contribution >= 4 is 27.3 Å². The molecule has 0 aliphatic rings. The summed E-state index contributed by atoms with van der Waals surface area (Å²) in [6.45, 7) is 3.51. The van der Waals surface area contributed by atoms with Crippen LogP contribution in [0, 0.1) is 6.92 Å². The van der Waals surface area contributed by atoms with Gasteiger partial charge >= 0.3 is 0 Å². The Morgan fingerprint density at radius 1 is 1.14 bits per heavy atom. The zero-order valence-corrected chi connectivity index (χ0v) is 13.4. The SMILES string of the molecule is Cc1cc(N)ccc1S(=O)(=O)NC(C)c1ccc(Cl)cc1. The number of rotatable bonds is 4. The lowest BCUT2D eigenvalue weighted by Crippen LogP contribution is -2.27. The van der Waals surface area contributed by atoms with Gasteiger partial charge in [0, 0.05) is 16.8 Å². The van der Waals surface area contributed by atoms with Gasteiger partial charge in [0.15, 0.2) is 0 Å². The summed E-state index contributed by atoms with van der Waals surface area (Å²) < 4.78 is 27.5. The third-order valence-electron chi connectivity index (χ3n) is 3.19. The lowest BCUT2D eigenvalue weighted by atomic mass is 10.1. The minimum atomic E-state index is -3.60. The van der Waals surface area contributed by atoms with E-state index in [9.17, 15) is 8.42 Å². The van der Waals surface area contributed by atoms with Crippen molar-refractivity contribution in [3.8, 4) is 0 Å². The highest BCUT2D eigenvalue weighted by Gasteiger charge is 2.20. The van der Waals surface area contributed by atoms with E-state index in [1.54, 1.807) is 50.2 Å². The quantitative estimate of drug-likeness (QED) is 0.848. The second kappa shape index (κ2) is 6.05. The molecule has 1 atom stereocenters. The normalized spacial score (nSPS) is 13.1. The van der Waals surface area contributed by atoms with Crippen molar-refractivity contribution in [1.82, 2.24) is 4.72 Å². The maximum absolute atomic E-state index is 12.4. The summed E-state index contributed by atoms with van der Waals surface area (Å²) in [6.07, 6.45) is 0. The third kappa shape index (κ3) is 3.75. The molecule has 4 nitrogen and oxygen atoms in total. The third-order valence-corrected chi connectivity index (χ3v) is 5.14. The fourth-order valence-electron chi connectivity index (χ4n) is 2.09. The van der Waals surface area contributed by atoms with Crippen LogP contribution in [-0.2, 0) is 10.0 Å². The molecule has 0 aromatic heterocycles. The summed E-state index contributed by atoms with van der Waals surface area (Å²) in [5.41, 5.74) is 7.65. The minimum Gasteiger partial charge on any atom is -0.399 e. The summed E-state index contributed by atoms with van der Waals surface area (Å²) >= 11 is 5.83. The molecule has 0 aliphatic heterocycles. The molecule has 1 unspecified atom stereocenters. The van der Waals surface area contributed by atoms with Crippen molar-refractivity contribution in [2.45, 2.75) is 24.8 Å². The molecule has 3 N–H and O–H groups in total. The molecular weight excluding hydrogens is 308 g/mol. The zero-order chi connectivity index (χ0) is 15.6. The number of nitrogens with two attached hydrogens (primary N) is 1. The van der Waals surface area contributed by atoms with Gasteiger partial charge in [0.1, 0.15) is 0 Å². The van der Waals surface area contributed by atoms with Gasteiger partial charge < -0.3 is 5.73 Å². The molecule has 21 heavy (non-hydrogen) atoms. The van der Waals surface area contributed by atoms with Crippen molar-refractivity contribution in [2.24, 2.45) is 0 Å². The molecule has 0 radical (unpaired) electrons. The maximum atomic E-state index is 12.4. The van der Waals surface area contributed by atoms with Crippen LogP contribution in [0.2, 0.25) is 5.02 Å². The fraction of sp³-hybridized carbons (Fsp3) is 0.200. The summed E-state index contributed by atoms with van der Waals surface area (Å²) in [5.74, 6) is 0. The number of nitrogen functional groups attached to an aromatic ring is 1. The van der Waals surface area contributed by atoms with Crippen LogP contribution >= 0.6 is 11.6 Å². The number of aryl methyl sites for hydroxylation is 1. The first-order chi connectivity index (χ1) is 9.79.